The molecule has 0 spiro atoms. The predicted molar refractivity (Wildman–Crippen MR) is 143 cm³/mol. The van der Waals surface area contributed by atoms with Crippen molar-refractivity contribution in [2.45, 2.75) is 25.3 Å². The number of rotatable bonds is 7. The van der Waals surface area contributed by atoms with E-state index in [4.69, 9.17) is 20.8 Å². The topological polar surface area (TPSA) is 113 Å². The number of alkyl halides is 5. The Morgan fingerprint density at radius 2 is 1.74 bits per heavy atom. The minimum absolute atomic E-state index is 0.00686. The van der Waals surface area contributed by atoms with Crippen LogP contribution in [0.4, 0.5) is 22.0 Å². The van der Waals surface area contributed by atoms with Crippen LogP contribution in [0.2, 0.25) is 5.02 Å². The second-order valence-corrected chi connectivity index (χ2v) is 10.2. The van der Waals surface area contributed by atoms with Gasteiger partial charge >= 0.3 is 12.1 Å². The lowest BCUT2D eigenvalue weighted by molar-refractivity contribution is -0.274. The van der Waals surface area contributed by atoms with E-state index >= 15 is 0 Å². The number of ether oxygens (including phenoxy) is 2. The minimum atomic E-state index is -4.89. The number of aromatic nitrogens is 3. The number of nitrogens with zero attached hydrogens (tertiary/aromatic N) is 2. The highest BCUT2D eigenvalue weighted by Crippen LogP contribution is 2.45. The van der Waals surface area contributed by atoms with Crippen molar-refractivity contribution in [3.8, 4) is 28.5 Å². The Morgan fingerprint density at radius 1 is 1.02 bits per heavy atom. The first-order chi connectivity index (χ1) is 20.3. The van der Waals surface area contributed by atoms with E-state index in [-0.39, 0.29) is 33.5 Å². The highest BCUT2D eigenvalue weighted by Gasteiger charge is 2.45. The first-order valence-electron chi connectivity index (χ1n) is 12.5. The average molecular weight is 621 g/mol. The molecule has 9 nitrogen and oxygen atoms in total. The Balaban J connectivity index is 1.37. The van der Waals surface area contributed by atoms with Crippen LogP contribution in [0.5, 0.6) is 17.2 Å². The molecule has 3 heterocycles. The molecular formula is C28H18ClF5N4O5. The molecule has 1 aliphatic rings. The predicted octanol–water partition coefficient (Wildman–Crippen LogP) is 7.06. The van der Waals surface area contributed by atoms with Crippen LogP contribution in [0.25, 0.3) is 22.4 Å². The first-order valence-corrected chi connectivity index (χ1v) is 12.9. The maximum atomic E-state index is 14.3. The standard InChI is InChI=1S/C28H18ClF5N4O5/c1-27(30,31)12-38-23(13-5-7-14(8-6-13)41-19-10-9-15(11-17(19)29)43-28(32,33)34)20-21(36-37-22(20)25(38)39)16-3-2-4-18-24(16)42-26(40)35-18/h2-11,23H,12H2,1H3,(H,35,40)(H,36,37). The van der Waals surface area contributed by atoms with Gasteiger partial charge in [0.25, 0.3) is 11.8 Å². The first kappa shape index (κ1) is 28.3. The zero-order valence-corrected chi connectivity index (χ0v) is 22.5. The van der Waals surface area contributed by atoms with Crippen LogP contribution in [-0.2, 0) is 0 Å². The van der Waals surface area contributed by atoms with E-state index in [1.807, 2.05) is 0 Å². The number of carbonyl (C=O) groups is 1. The number of fused-ring (bicyclic) bond motifs is 2. The van der Waals surface area contributed by atoms with Gasteiger partial charge in [0.15, 0.2) is 5.58 Å². The Morgan fingerprint density at radius 3 is 2.42 bits per heavy atom. The Labute approximate surface area is 242 Å². The number of aromatic amines is 2. The maximum absolute atomic E-state index is 14.3. The second-order valence-electron chi connectivity index (χ2n) is 9.77. The highest BCUT2D eigenvalue weighted by atomic mass is 35.5. The van der Waals surface area contributed by atoms with Crippen molar-refractivity contribution in [1.29, 1.82) is 0 Å². The van der Waals surface area contributed by atoms with Crippen molar-refractivity contribution < 1.29 is 40.6 Å². The number of hydrogen-bond acceptors (Lipinski definition) is 6. The molecule has 1 unspecified atom stereocenters. The molecule has 0 aliphatic carbocycles. The summed E-state index contributed by atoms with van der Waals surface area (Å²) in [6.07, 6.45) is -4.89. The fourth-order valence-electron chi connectivity index (χ4n) is 4.98. The minimum Gasteiger partial charge on any atom is -0.456 e. The third-order valence-corrected chi connectivity index (χ3v) is 6.87. The van der Waals surface area contributed by atoms with Crippen LogP contribution in [0.1, 0.15) is 34.6 Å². The van der Waals surface area contributed by atoms with Crippen molar-refractivity contribution in [3.05, 3.63) is 93.1 Å². The van der Waals surface area contributed by atoms with E-state index in [9.17, 15) is 31.5 Å². The molecule has 0 saturated heterocycles. The molecule has 1 aliphatic heterocycles. The Bertz CT molecular complexity index is 1910. The summed E-state index contributed by atoms with van der Waals surface area (Å²) in [5.41, 5.74) is 1.90. The lowest BCUT2D eigenvalue weighted by Crippen LogP contribution is -2.38. The number of H-pyrrole nitrogens is 2. The van der Waals surface area contributed by atoms with Crippen molar-refractivity contribution >= 4 is 28.6 Å². The molecule has 0 fully saturated rings. The quantitative estimate of drug-likeness (QED) is 0.188. The van der Waals surface area contributed by atoms with Crippen molar-refractivity contribution in [3.63, 3.8) is 0 Å². The molecule has 0 radical (unpaired) electrons. The largest absolute Gasteiger partial charge is 0.573 e. The molecule has 0 bridgehead atoms. The average Bonchev–Trinajstić information content (AvgIpc) is 3.58. The van der Waals surface area contributed by atoms with Gasteiger partial charge in [0.05, 0.1) is 23.1 Å². The zero-order chi connectivity index (χ0) is 30.7. The Kier molecular flexibility index (Phi) is 6.68. The molecule has 5 aromatic rings. The summed E-state index contributed by atoms with van der Waals surface area (Å²) < 4.78 is 80.9. The van der Waals surface area contributed by atoms with Crippen LogP contribution < -0.4 is 15.2 Å². The molecular weight excluding hydrogens is 603 g/mol. The normalized spacial score (nSPS) is 15.3. The zero-order valence-electron chi connectivity index (χ0n) is 21.8. The monoisotopic (exact) mass is 620 g/mol. The molecule has 1 amide bonds. The molecule has 15 heteroatoms. The number of para-hydroxylation sites is 1. The molecule has 3 aromatic carbocycles. The van der Waals surface area contributed by atoms with Gasteiger partial charge in [-0.2, -0.15) is 5.10 Å². The summed E-state index contributed by atoms with van der Waals surface area (Å²) in [7, 11) is 0. The number of carbonyl (C=O) groups excluding carboxylic acids is 1. The lowest BCUT2D eigenvalue weighted by Gasteiger charge is -2.28. The van der Waals surface area contributed by atoms with E-state index in [2.05, 4.69) is 19.9 Å². The Hall–Kier alpha value is -4.85. The number of nitrogens with one attached hydrogen (secondary N) is 2. The van der Waals surface area contributed by atoms with Gasteiger partial charge in [-0.1, -0.05) is 29.8 Å². The molecule has 2 aromatic heterocycles. The van der Waals surface area contributed by atoms with Crippen LogP contribution in [-0.4, -0.2) is 44.8 Å². The summed E-state index contributed by atoms with van der Waals surface area (Å²) in [4.78, 5) is 28.8. The van der Waals surface area contributed by atoms with Crippen molar-refractivity contribution in [1.82, 2.24) is 20.1 Å². The SMILES string of the molecule is CC(F)(F)CN1C(=O)c2[nH]nc(-c3cccc4[nH]c(=O)oc34)c2C1c1ccc(Oc2ccc(OC(F)(F)F)cc2Cl)cc1. The third-order valence-electron chi connectivity index (χ3n) is 6.57. The number of amides is 1. The van der Waals surface area contributed by atoms with E-state index in [0.29, 0.717) is 29.1 Å². The van der Waals surface area contributed by atoms with Gasteiger partial charge in [-0.05, 0) is 42.0 Å². The lowest BCUT2D eigenvalue weighted by atomic mass is 9.95. The molecule has 2 N–H and O–H groups in total. The van der Waals surface area contributed by atoms with E-state index in [1.54, 1.807) is 30.3 Å². The van der Waals surface area contributed by atoms with Gasteiger partial charge in [0.2, 0.25) is 0 Å². The molecule has 222 valence electrons. The number of oxazole rings is 1. The summed E-state index contributed by atoms with van der Waals surface area (Å²) in [5, 5.41) is 6.78. The fourth-order valence-corrected chi connectivity index (χ4v) is 5.19. The van der Waals surface area contributed by atoms with Crippen molar-refractivity contribution in [2.75, 3.05) is 6.54 Å². The van der Waals surface area contributed by atoms with Gasteiger partial charge in [-0.3, -0.25) is 14.9 Å². The second kappa shape index (κ2) is 10.2. The van der Waals surface area contributed by atoms with Crippen LogP contribution in [0.15, 0.2) is 69.9 Å². The third kappa shape index (κ3) is 5.52. The van der Waals surface area contributed by atoms with Crippen LogP contribution in [0.3, 0.4) is 0 Å². The number of halogens is 6. The van der Waals surface area contributed by atoms with Gasteiger partial charge in [0, 0.05) is 24.1 Å². The van der Waals surface area contributed by atoms with E-state index in [1.165, 1.54) is 18.2 Å². The molecule has 6 rings (SSSR count). The van der Waals surface area contributed by atoms with Crippen LogP contribution >= 0.6 is 11.6 Å². The summed E-state index contributed by atoms with van der Waals surface area (Å²) >= 11 is 6.07. The van der Waals surface area contributed by atoms with E-state index < -0.39 is 42.3 Å². The summed E-state index contributed by atoms with van der Waals surface area (Å²) in [6, 6.07) is 13.1. The van der Waals surface area contributed by atoms with Gasteiger partial charge in [-0.25, -0.2) is 13.6 Å². The van der Waals surface area contributed by atoms with E-state index in [0.717, 1.165) is 17.0 Å². The highest BCUT2D eigenvalue weighted by molar-refractivity contribution is 6.32. The molecule has 0 saturated carbocycles. The number of benzene rings is 3. The van der Waals surface area contributed by atoms with Crippen molar-refractivity contribution in [2.24, 2.45) is 0 Å². The van der Waals surface area contributed by atoms with Gasteiger partial charge < -0.3 is 18.8 Å². The molecule has 43 heavy (non-hydrogen) atoms. The van der Waals surface area contributed by atoms with Crippen LogP contribution in [0, 0.1) is 0 Å². The number of hydrogen-bond donors (Lipinski definition) is 2. The summed E-state index contributed by atoms with van der Waals surface area (Å²) in [5.74, 6) is -4.91. The fraction of sp³-hybridized carbons (Fsp3) is 0.179. The molecule has 1 atom stereocenters. The van der Waals surface area contributed by atoms with Gasteiger partial charge in [0.1, 0.15) is 28.6 Å². The smallest absolute Gasteiger partial charge is 0.456 e. The maximum Gasteiger partial charge on any atom is 0.573 e. The van der Waals surface area contributed by atoms with Gasteiger partial charge in [-0.15, -0.1) is 13.2 Å². The summed E-state index contributed by atoms with van der Waals surface area (Å²) in [6.45, 7) is -0.202.